The number of carbonyl (C=O) groups is 1. The molecule has 1 atom stereocenters. The first-order valence-electron chi connectivity index (χ1n) is 7.08. The van der Waals surface area contributed by atoms with Gasteiger partial charge in [0.25, 0.3) is 5.91 Å². The summed E-state index contributed by atoms with van der Waals surface area (Å²) in [5, 5.41) is 0.227. The van der Waals surface area contributed by atoms with E-state index in [4.69, 9.17) is 27.8 Å². The van der Waals surface area contributed by atoms with Crippen LogP contribution in [-0.4, -0.2) is 33.5 Å². The van der Waals surface area contributed by atoms with Gasteiger partial charge in [0.15, 0.2) is 6.61 Å². The van der Waals surface area contributed by atoms with Gasteiger partial charge in [0.1, 0.15) is 10.6 Å². The summed E-state index contributed by atoms with van der Waals surface area (Å²) >= 11 is 5.88. The van der Waals surface area contributed by atoms with Crippen molar-refractivity contribution < 1.29 is 17.9 Å². The summed E-state index contributed by atoms with van der Waals surface area (Å²) in [6, 6.07) is 3.68. The summed E-state index contributed by atoms with van der Waals surface area (Å²) in [5.74, 6) is -0.437. The highest BCUT2D eigenvalue weighted by Crippen LogP contribution is 2.27. The summed E-state index contributed by atoms with van der Waals surface area (Å²) in [7, 11) is -3.91. The Labute approximate surface area is 153 Å². The molecule has 138 valence electrons. The third-order valence-electron chi connectivity index (χ3n) is 2.93. The van der Waals surface area contributed by atoms with E-state index in [0.717, 1.165) is 0 Å². The van der Waals surface area contributed by atoms with Crippen molar-refractivity contribution in [1.29, 1.82) is 0 Å². The summed E-state index contributed by atoms with van der Waals surface area (Å²) in [6.07, 6.45) is 0.591. The highest BCUT2D eigenvalue weighted by molar-refractivity contribution is 7.89. The average Bonchev–Trinajstić information content (AvgIpc) is 2.44. The number of amides is 1. The van der Waals surface area contributed by atoms with Crippen LogP contribution in [0.1, 0.15) is 20.3 Å². The number of rotatable bonds is 9. The predicted molar refractivity (Wildman–Crippen MR) is 96.0 cm³/mol. The molecule has 0 fully saturated rings. The molecule has 0 saturated carbocycles. The van der Waals surface area contributed by atoms with Crippen LogP contribution in [0.2, 0.25) is 5.02 Å². The first-order valence-corrected chi connectivity index (χ1v) is 8.95. The number of ether oxygens (including phenoxy) is 1. The topological polar surface area (TPSA) is 125 Å². The second kappa shape index (κ2) is 10.0. The second-order valence-corrected chi connectivity index (χ2v) is 7.65. The van der Waals surface area contributed by atoms with Gasteiger partial charge in [-0.3, -0.25) is 4.79 Å². The maximum absolute atomic E-state index is 12.6. The largest absolute Gasteiger partial charge is 0.482 e. The first kappa shape index (κ1) is 22.9. The number of carbonyl (C=O) groups excluding carboxylic acids is 1. The molecule has 0 spiro atoms. The third kappa shape index (κ3) is 7.23. The van der Waals surface area contributed by atoms with Crippen LogP contribution in [0, 0.1) is 5.92 Å². The van der Waals surface area contributed by atoms with Crippen molar-refractivity contribution >= 4 is 39.9 Å². The predicted octanol–water partition coefficient (Wildman–Crippen LogP) is 1.28. The summed E-state index contributed by atoms with van der Waals surface area (Å²) < 4.78 is 32.8. The fourth-order valence-corrected chi connectivity index (χ4v) is 3.67. The lowest BCUT2D eigenvalue weighted by Crippen LogP contribution is -2.41. The molecule has 1 aromatic carbocycles. The lowest BCUT2D eigenvalue weighted by atomic mass is 10.1. The Morgan fingerprint density at radius 1 is 1.38 bits per heavy atom. The molecular formula is C14H23Cl2N3O4S. The van der Waals surface area contributed by atoms with Crippen LogP contribution in [0.4, 0.5) is 0 Å². The molecule has 1 amide bonds. The van der Waals surface area contributed by atoms with E-state index in [1.54, 1.807) is 0 Å². The molecule has 1 rings (SSSR count). The number of primary amides is 1. The lowest BCUT2D eigenvalue weighted by molar-refractivity contribution is -0.120. The average molecular weight is 400 g/mol. The minimum Gasteiger partial charge on any atom is -0.482 e. The van der Waals surface area contributed by atoms with Crippen molar-refractivity contribution in [3.8, 4) is 5.75 Å². The van der Waals surface area contributed by atoms with Crippen molar-refractivity contribution in [1.82, 2.24) is 4.72 Å². The molecule has 1 aromatic rings. The zero-order valence-corrected chi connectivity index (χ0v) is 15.9. The van der Waals surface area contributed by atoms with Crippen molar-refractivity contribution in [2.45, 2.75) is 31.2 Å². The van der Waals surface area contributed by atoms with E-state index in [0.29, 0.717) is 6.42 Å². The maximum atomic E-state index is 12.6. The van der Waals surface area contributed by atoms with E-state index in [9.17, 15) is 13.2 Å². The number of sulfonamides is 1. The number of halogens is 2. The Balaban J connectivity index is 0.00000529. The smallest absolute Gasteiger partial charge is 0.255 e. The van der Waals surface area contributed by atoms with Crippen molar-refractivity contribution in [2.24, 2.45) is 17.4 Å². The Morgan fingerprint density at radius 2 is 2.00 bits per heavy atom. The zero-order chi connectivity index (χ0) is 17.6. The lowest BCUT2D eigenvalue weighted by Gasteiger charge is -2.20. The van der Waals surface area contributed by atoms with Gasteiger partial charge < -0.3 is 16.2 Å². The molecule has 7 nitrogen and oxygen atoms in total. The fraction of sp³-hybridized carbons (Fsp3) is 0.500. The molecule has 24 heavy (non-hydrogen) atoms. The molecule has 0 aliphatic heterocycles. The Kier molecular flexibility index (Phi) is 9.61. The van der Waals surface area contributed by atoms with Gasteiger partial charge >= 0.3 is 0 Å². The molecule has 0 aliphatic rings. The summed E-state index contributed by atoms with van der Waals surface area (Å²) in [5.41, 5.74) is 10.6. The molecule has 10 heteroatoms. The van der Waals surface area contributed by atoms with Gasteiger partial charge in [-0.05, 0) is 30.5 Å². The van der Waals surface area contributed by atoms with Crippen molar-refractivity contribution in [3.63, 3.8) is 0 Å². The number of hydrogen-bond donors (Lipinski definition) is 3. The van der Waals surface area contributed by atoms with Gasteiger partial charge in [-0.25, -0.2) is 13.1 Å². The van der Waals surface area contributed by atoms with E-state index < -0.39 is 28.6 Å². The monoisotopic (exact) mass is 399 g/mol. The fourth-order valence-electron chi connectivity index (χ4n) is 2.00. The molecular weight excluding hydrogens is 377 g/mol. The Bertz CT molecular complexity index is 653. The van der Waals surface area contributed by atoms with Crippen LogP contribution < -0.4 is 20.9 Å². The quantitative estimate of drug-likeness (QED) is 0.576. The summed E-state index contributed by atoms with van der Waals surface area (Å²) in [4.78, 5) is 10.7. The molecule has 1 unspecified atom stereocenters. The van der Waals surface area contributed by atoms with Gasteiger partial charge in [-0.1, -0.05) is 25.4 Å². The van der Waals surface area contributed by atoms with Crippen LogP contribution in [0.25, 0.3) is 0 Å². The Morgan fingerprint density at radius 3 is 2.50 bits per heavy atom. The van der Waals surface area contributed by atoms with E-state index in [2.05, 4.69) is 4.72 Å². The SMILES string of the molecule is CC(C)CC(CN)NS(=O)(=O)c1cc(Cl)ccc1OCC(N)=O.Cl. The van der Waals surface area contributed by atoms with Crippen LogP contribution >= 0.6 is 24.0 Å². The molecule has 0 aliphatic carbocycles. The second-order valence-electron chi connectivity index (χ2n) is 5.53. The van der Waals surface area contributed by atoms with Crippen LogP contribution in [0.5, 0.6) is 5.75 Å². The van der Waals surface area contributed by atoms with Crippen molar-refractivity contribution in [2.75, 3.05) is 13.2 Å². The maximum Gasteiger partial charge on any atom is 0.255 e. The van der Waals surface area contributed by atoms with Gasteiger partial charge in [0.05, 0.1) is 0 Å². The van der Waals surface area contributed by atoms with E-state index in [1.807, 2.05) is 13.8 Å². The van der Waals surface area contributed by atoms with Gasteiger partial charge in [0, 0.05) is 17.6 Å². The van der Waals surface area contributed by atoms with Gasteiger partial charge in [0.2, 0.25) is 10.0 Å². The minimum absolute atomic E-state index is 0. The highest BCUT2D eigenvalue weighted by Gasteiger charge is 2.24. The zero-order valence-electron chi connectivity index (χ0n) is 13.5. The van der Waals surface area contributed by atoms with Crippen LogP contribution in [0.15, 0.2) is 23.1 Å². The molecule has 0 saturated heterocycles. The first-order chi connectivity index (χ1) is 10.7. The number of benzene rings is 1. The third-order valence-corrected chi connectivity index (χ3v) is 4.70. The number of hydrogen-bond acceptors (Lipinski definition) is 5. The normalized spacial score (nSPS) is 12.5. The van der Waals surface area contributed by atoms with E-state index in [-0.39, 0.29) is 40.5 Å². The van der Waals surface area contributed by atoms with E-state index in [1.165, 1.54) is 18.2 Å². The molecule has 5 N–H and O–H groups in total. The van der Waals surface area contributed by atoms with Gasteiger partial charge in [-0.2, -0.15) is 0 Å². The molecule has 0 bridgehead atoms. The van der Waals surface area contributed by atoms with Gasteiger partial charge in [-0.15, -0.1) is 12.4 Å². The molecule has 0 radical (unpaired) electrons. The Hall–Kier alpha value is -1.06. The summed E-state index contributed by atoms with van der Waals surface area (Å²) in [6.45, 7) is 3.67. The van der Waals surface area contributed by atoms with Crippen LogP contribution in [0.3, 0.4) is 0 Å². The standard InChI is InChI=1S/C14H22ClN3O4S.ClH/c1-9(2)5-11(7-16)18-23(20,21)13-6-10(15)3-4-12(13)22-8-14(17)19;/h3-4,6,9,11,18H,5,7-8,16H2,1-2H3,(H2,17,19);1H. The van der Waals surface area contributed by atoms with E-state index >= 15 is 0 Å². The number of nitrogens with two attached hydrogens (primary N) is 2. The minimum atomic E-state index is -3.91. The van der Waals surface area contributed by atoms with Crippen LogP contribution in [-0.2, 0) is 14.8 Å². The number of nitrogens with one attached hydrogen (secondary N) is 1. The molecule has 0 heterocycles. The highest BCUT2D eigenvalue weighted by atomic mass is 35.5. The molecule has 0 aromatic heterocycles. The van der Waals surface area contributed by atoms with Crippen molar-refractivity contribution in [3.05, 3.63) is 23.2 Å².